The van der Waals surface area contributed by atoms with Crippen molar-refractivity contribution in [2.75, 3.05) is 33.8 Å². The molecule has 0 radical (unpaired) electrons. The second-order valence-corrected chi connectivity index (χ2v) is 5.78. The van der Waals surface area contributed by atoms with E-state index in [1.165, 1.54) is 0 Å². The predicted molar refractivity (Wildman–Crippen MR) is 84.6 cm³/mol. The Kier molecular flexibility index (Phi) is 5.81. The maximum atomic E-state index is 12.3. The first kappa shape index (κ1) is 16.3. The topological polar surface area (TPSA) is 49.9 Å². The van der Waals surface area contributed by atoms with Crippen LogP contribution in [0.5, 0.6) is 5.75 Å². The molecule has 1 aliphatic heterocycles. The SMILES string of the molecule is CN1CC[C@H](C(=O)N(C)CCCOc2ccccc2)CC1=O. The van der Waals surface area contributed by atoms with Crippen LogP contribution < -0.4 is 4.74 Å². The van der Waals surface area contributed by atoms with Crippen molar-refractivity contribution in [1.29, 1.82) is 0 Å². The smallest absolute Gasteiger partial charge is 0.226 e. The molecule has 1 fully saturated rings. The number of piperidine rings is 1. The lowest BCUT2D eigenvalue weighted by Crippen LogP contribution is -2.43. The van der Waals surface area contributed by atoms with Crippen molar-refractivity contribution >= 4 is 11.8 Å². The highest BCUT2D eigenvalue weighted by Crippen LogP contribution is 2.19. The van der Waals surface area contributed by atoms with Crippen LogP contribution in [-0.4, -0.2) is 55.4 Å². The van der Waals surface area contributed by atoms with Gasteiger partial charge in [0.25, 0.3) is 0 Å². The van der Waals surface area contributed by atoms with Gasteiger partial charge in [0.1, 0.15) is 5.75 Å². The summed E-state index contributed by atoms with van der Waals surface area (Å²) in [5.41, 5.74) is 0. The van der Waals surface area contributed by atoms with Crippen molar-refractivity contribution in [2.24, 2.45) is 5.92 Å². The summed E-state index contributed by atoms with van der Waals surface area (Å²) in [5, 5.41) is 0. The third kappa shape index (κ3) is 4.48. The third-order valence-corrected chi connectivity index (χ3v) is 4.04. The first-order valence-electron chi connectivity index (χ1n) is 7.74. The van der Waals surface area contributed by atoms with E-state index in [0.29, 0.717) is 26.1 Å². The monoisotopic (exact) mass is 304 g/mol. The van der Waals surface area contributed by atoms with Crippen molar-refractivity contribution in [3.63, 3.8) is 0 Å². The first-order valence-corrected chi connectivity index (χ1v) is 7.74. The minimum absolute atomic E-state index is 0.0606. The van der Waals surface area contributed by atoms with Crippen LogP contribution in [0.3, 0.4) is 0 Å². The molecule has 1 aromatic carbocycles. The molecule has 0 saturated carbocycles. The van der Waals surface area contributed by atoms with Crippen LogP contribution in [0.25, 0.3) is 0 Å². The summed E-state index contributed by atoms with van der Waals surface area (Å²) in [7, 11) is 3.58. The lowest BCUT2D eigenvalue weighted by Gasteiger charge is -2.30. The highest BCUT2D eigenvalue weighted by atomic mass is 16.5. The summed E-state index contributed by atoms with van der Waals surface area (Å²) in [6, 6.07) is 9.64. The Hall–Kier alpha value is -2.04. The summed E-state index contributed by atoms with van der Waals surface area (Å²) in [6.07, 6.45) is 1.86. The van der Waals surface area contributed by atoms with E-state index in [2.05, 4.69) is 0 Å². The normalized spacial score (nSPS) is 18.2. The van der Waals surface area contributed by atoms with E-state index in [1.54, 1.807) is 23.9 Å². The summed E-state index contributed by atoms with van der Waals surface area (Å²) in [6.45, 7) is 1.89. The fourth-order valence-corrected chi connectivity index (χ4v) is 2.58. The summed E-state index contributed by atoms with van der Waals surface area (Å²) < 4.78 is 5.61. The minimum Gasteiger partial charge on any atom is -0.494 e. The Morgan fingerprint density at radius 3 is 2.77 bits per heavy atom. The second-order valence-electron chi connectivity index (χ2n) is 5.78. The van der Waals surface area contributed by atoms with Crippen molar-refractivity contribution < 1.29 is 14.3 Å². The van der Waals surface area contributed by atoms with Crippen LogP contribution >= 0.6 is 0 Å². The van der Waals surface area contributed by atoms with Gasteiger partial charge in [0.2, 0.25) is 11.8 Å². The number of hydrogen-bond acceptors (Lipinski definition) is 3. The van der Waals surface area contributed by atoms with Crippen molar-refractivity contribution in [2.45, 2.75) is 19.3 Å². The van der Waals surface area contributed by atoms with Gasteiger partial charge in [0.15, 0.2) is 0 Å². The first-order chi connectivity index (χ1) is 10.6. The van der Waals surface area contributed by atoms with Crippen LogP contribution in [0.1, 0.15) is 19.3 Å². The van der Waals surface area contributed by atoms with Crippen LogP contribution in [0.4, 0.5) is 0 Å². The van der Waals surface area contributed by atoms with E-state index in [4.69, 9.17) is 4.74 Å². The molecule has 0 bridgehead atoms. The number of carbonyl (C=O) groups excluding carboxylic acids is 2. The Balaban J connectivity index is 1.69. The Labute approximate surface area is 131 Å². The molecule has 22 heavy (non-hydrogen) atoms. The largest absolute Gasteiger partial charge is 0.494 e. The van der Waals surface area contributed by atoms with E-state index in [1.807, 2.05) is 30.3 Å². The highest BCUT2D eigenvalue weighted by molar-refractivity contribution is 5.86. The number of carbonyl (C=O) groups is 2. The van der Waals surface area contributed by atoms with Gasteiger partial charge in [-0.25, -0.2) is 0 Å². The second kappa shape index (κ2) is 7.82. The number of rotatable bonds is 6. The summed E-state index contributed by atoms with van der Waals surface area (Å²) >= 11 is 0. The van der Waals surface area contributed by atoms with E-state index in [9.17, 15) is 9.59 Å². The third-order valence-electron chi connectivity index (χ3n) is 4.04. The number of ether oxygens (including phenoxy) is 1. The maximum Gasteiger partial charge on any atom is 0.226 e. The molecular formula is C17H24N2O3. The maximum absolute atomic E-state index is 12.3. The van der Waals surface area contributed by atoms with E-state index in [-0.39, 0.29) is 17.7 Å². The van der Waals surface area contributed by atoms with Gasteiger partial charge in [-0.1, -0.05) is 18.2 Å². The Bertz CT molecular complexity index is 504. The van der Waals surface area contributed by atoms with Gasteiger partial charge in [-0.05, 0) is 25.0 Å². The molecule has 0 N–H and O–H groups in total. The van der Waals surface area contributed by atoms with Crippen LogP contribution in [0.2, 0.25) is 0 Å². The summed E-state index contributed by atoms with van der Waals surface area (Å²) in [5.74, 6) is 0.813. The van der Waals surface area contributed by atoms with Gasteiger partial charge in [0, 0.05) is 39.5 Å². The van der Waals surface area contributed by atoms with Crippen LogP contribution in [0.15, 0.2) is 30.3 Å². The number of amides is 2. The molecule has 1 aromatic rings. The van der Waals surface area contributed by atoms with Crippen LogP contribution in [-0.2, 0) is 9.59 Å². The molecule has 1 saturated heterocycles. The number of hydrogen-bond donors (Lipinski definition) is 0. The Morgan fingerprint density at radius 1 is 1.36 bits per heavy atom. The molecule has 2 amide bonds. The highest BCUT2D eigenvalue weighted by Gasteiger charge is 2.30. The van der Waals surface area contributed by atoms with Crippen molar-refractivity contribution in [3.05, 3.63) is 30.3 Å². The molecule has 0 aromatic heterocycles. The lowest BCUT2D eigenvalue weighted by molar-refractivity contribution is -0.143. The zero-order valence-corrected chi connectivity index (χ0v) is 13.3. The quantitative estimate of drug-likeness (QED) is 0.753. The number of nitrogens with zero attached hydrogens (tertiary/aromatic N) is 2. The van der Waals surface area contributed by atoms with E-state index < -0.39 is 0 Å². The zero-order chi connectivity index (χ0) is 15.9. The molecule has 0 spiro atoms. The van der Waals surface area contributed by atoms with Gasteiger partial charge >= 0.3 is 0 Å². The Morgan fingerprint density at radius 2 is 2.09 bits per heavy atom. The van der Waals surface area contributed by atoms with Crippen molar-refractivity contribution in [1.82, 2.24) is 9.80 Å². The number of likely N-dealkylation sites (tertiary alicyclic amines) is 1. The van der Waals surface area contributed by atoms with E-state index in [0.717, 1.165) is 18.6 Å². The molecule has 1 heterocycles. The van der Waals surface area contributed by atoms with Gasteiger partial charge in [0.05, 0.1) is 6.61 Å². The van der Waals surface area contributed by atoms with Gasteiger partial charge in [-0.2, -0.15) is 0 Å². The van der Waals surface area contributed by atoms with E-state index >= 15 is 0 Å². The summed E-state index contributed by atoms with van der Waals surface area (Å²) in [4.78, 5) is 27.4. The fraction of sp³-hybridized carbons (Fsp3) is 0.529. The predicted octanol–water partition coefficient (Wildman–Crippen LogP) is 1.78. The van der Waals surface area contributed by atoms with Gasteiger partial charge < -0.3 is 14.5 Å². The number of para-hydroxylation sites is 1. The molecule has 1 atom stereocenters. The number of benzene rings is 1. The lowest BCUT2D eigenvalue weighted by atomic mass is 9.95. The molecule has 2 rings (SSSR count). The average Bonchev–Trinajstić information content (AvgIpc) is 2.54. The average molecular weight is 304 g/mol. The molecule has 1 aliphatic rings. The minimum atomic E-state index is -0.163. The molecule has 0 unspecified atom stereocenters. The zero-order valence-electron chi connectivity index (χ0n) is 13.3. The van der Waals surface area contributed by atoms with Crippen LogP contribution in [0, 0.1) is 5.92 Å². The molecule has 5 heteroatoms. The van der Waals surface area contributed by atoms with Crippen molar-refractivity contribution in [3.8, 4) is 5.75 Å². The molecule has 120 valence electrons. The molecular weight excluding hydrogens is 280 g/mol. The molecule has 5 nitrogen and oxygen atoms in total. The van der Waals surface area contributed by atoms with Gasteiger partial charge in [-0.3, -0.25) is 9.59 Å². The molecule has 0 aliphatic carbocycles. The standard InChI is InChI=1S/C17H24N2O3/c1-18-11-9-14(13-16(18)20)17(21)19(2)10-6-12-22-15-7-4-3-5-8-15/h3-5,7-8,14H,6,9-13H2,1-2H3/t14-/m0/s1. The fourth-order valence-electron chi connectivity index (χ4n) is 2.58. The van der Waals surface area contributed by atoms with Gasteiger partial charge in [-0.15, -0.1) is 0 Å².